The van der Waals surface area contributed by atoms with Crippen LogP contribution in [-0.4, -0.2) is 71.4 Å². The molecule has 2 aliphatic rings. The molecule has 1 aromatic carbocycles. The number of rotatable bonds is 2. The van der Waals surface area contributed by atoms with Crippen LogP contribution in [0.2, 0.25) is 5.02 Å². The van der Waals surface area contributed by atoms with Gasteiger partial charge in [0.15, 0.2) is 0 Å². The molecule has 32 heavy (non-hydrogen) atoms. The molecule has 0 saturated carbocycles. The SMILES string of the molecule is CC1CN(C(=O)OC(C)(C)C)CCN1C(=O)c1ccc(Cl)c(B2OC(C)(C)C(C)(C)O2)c1. The molecule has 176 valence electrons. The van der Waals surface area contributed by atoms with Crippen molar-refractivity contribution in [1.29, 1.82) is 0 Å². The smallest absolute Gasteiger partial charge is 0.444 e. The van der Waals surface area contributed by atoms with E-state index in [9.17, 15) is 9.59 Å². The number of nitrogens with zero attached hydrogens (tertiary/aromatic N) is 2. The summed E-state index contributed by atoms with van der Waals surface area (Å²) in [7, 11) is -0.651. The summed E-state index contributed by atoms with van der Waals surface area (Å²) < 4.78 is 17.7. The summed E-state index contributed by atoms with van der Waals surface area (Å²) in [4.78, 5) is 29.1. The highest BCUT2D eigenvalue weighted by molar-refractivity contribution is 6.65. The Bertz CT molecular complexity index is 883. The first-order valence-electron chi connectivity index (χ1n) is 11.1. The average molecular weight is 465 g/mol. The molecule has 0 aliphatic carbocycles. The predicted octanol–water partition coefficient (Wildman–Crippen LogP) is 3.72. The van der Waals surface area contributed by atoms with Gasteiger partial charge in [0.25, 0.3) is 5.91 Å². The number of carbonyl (C=O) groups is 2. The number of halogens is 1. The van der Waals surface area contributed by atoms with Crippen LogP contribution in [0.5, 0.6) is 0 Å². The maximum absolute atomic E-state index is 13.3. The topological polar surface area (TPSA) is 68.3 Å². The molecule has 0 radical (unpaired) electrons. The lowest BCUT2D eigenvalue weighted by atomic mass is 9.78. The van der Waals surface area contributed by atoms with Crippen molar-refractivity contribution in [3.05, 3.63) is 28.8 Å². The highest BCUT2D eigenvalue weighted by Gasteiger charge is 2.52. The first-order chi connectivity index (χ1) is 14.6. The molecule has 2 heterocycles. The zero-order valence-electron chi connectivity index (χ0n) is 20.3. The Labute approximate surface area is 196 Å². The van der Waals surface area contributed by atoms with Crippen LogP contribution in [-0.2, 0) is 14.0 Å². The Kier molecular flexibility index (Phi) is 6.64. The number of carbonyl (C=O) groups excluding carboxylic acids is 2. The molecule has 0 bridgehead atoms. The molecule has 3 rings (SSSR count). The Morgan fingerprint density at radius 3 is 2.25 bits per heavy atom. The van der Waals surface area contributed by atoms with Gasteiger partial charge in [-0.25, -0.2) is 4.79 Å². The summed E-state index contributed by atoms with van der Waals surface area (Å²) in [5.74, 6) is -0.115. The second-order valence-electron chi connectivity index (χ2n) is 10.6. The number of ether oxygens (including phenoxy) is 1. The van der Waals surface area contributed by atoms with E-state index in [0.29, 0.717) is 35.7 Å². The van der Waals surface area contributed by atoms with Crippen LogP contribution in [0.15, 0.2) is 18.2 Å². The fourth-order valence-corrected chi connectivity index (χ4v) is 3.95. The number of amides is 2. The third kappa shape index (κ3) is 5.08. The standard InChI is InChI=1S/C23H34BClN2O5/c1-15-14-26(20(29)30-21(2,3)4)11-12-27(15)19(28)16-9-10-18(25)17(13-16)24-31-22(5,6)23(7,8)32-24/h9-10,13,15H,11-12,14H2,1-8H3. The van der Waals surface area contributed by atoms with E-state index in [1.807, 2.05) is 55.4 Å². The van der Waals surface area contributed by atoms with Crippen molar-refractivity contribution in [3.8, 4) is 0 Å². The van der Waals surface area contributed by atoms with E-state index in [4.69, 9.17) is 25.6 Å². The second kappa shape index (κ2) is 8.54. The number of hydrogen-bond donors (Lipinski definition) is 0. The normalized spacial score (nSPS) is 22.8. The Hall–Kier alpha value is -1.77. The first kappa shape index (κ1) is 24.9. The summed E-state index contributed by atoms with van der Waals surface area (Å²) in [6.45, 7) is 16.6. The van der Waals surface area contributed by atoms with E-state index < -0.39 is 23.9 Å². The minimum Gasteiger partial charge on any atom is -0.444 e. The Morgan fingerprint density at radius 1 is 1.12 bits per heavy atom. The molecular weight excluding hydrogens is 431 g/mol. The minimum absolute atomic E-state index is 0.115. The highest BCUT2D eigenvalue weighted by atomic mass is 35.5. The van der Waals surface area contributed by atoms with Gasteiger partial charge >= 0.3 is 13.2 Å². The Morgan fingerprint density at radius 2 is 1.72 bits per heavy atom. The second-order valence-corrected chi connectivity index (χ2v) is 11.0. The lowest BCUT2D eigenvalue weighted by molar-refractivity contribution is 0.00578. The van der Waals surface area contributed by atoms with Crippen LogP contribution < -0.4 is 5.46 Å². The van der Waals surface area contributed by atoms with Crippen molar-refractivity contribution in [1.82, 2.24) is 9.80 Å². The van der Waals surface area contributed by atoms with Crippen LogP contribution in [0.4, 0.5) is 4.79 Å². The van der Waals surface area contributed by atoms with Crippen LogP contribution in [0.1, 0.15) is 65.7 Å². The molecule has 1 aromatic rings. The van der Waals surface area contributed by atoms with Gasteiger partial charge in [-0.2, -0.15) is 0 Å². The fraction of sp³-hybridized carbons (Fsp3) is 0.652. The summed E-state index contributed by atoms with van der Waals surface area (Å²) in [6.07, 6.45) is -0.356. The van der Waals surface area contributed by atoms with E-state index in [2.05, 4.69) is 0 Å². The van der Waals surface area contributed by atoms with Crippen LogP contribution in [0.25, 0.3) is 0 Å². The van der Waals surface area contributed by atoms with Crippen LogP contribution in [0, 0.1) is 0 Å². The molecule has 0 N–H and O–H groups in total. The van der Waals surface area contributed by atoms with Gasteiger partial charge in [-0.05, 0) is 73.6 Å². The predicted molar refractivity (Wildman–Crippen MR) is 125 cm³/mol. The monoisotopic (exact) mass is 464 g/mol. The molecule has 1 atom stereocenters. The van der Waals surface area contributed by atoms with Gasteiger partial charge in [0.1, 0.15) is 5.60 Å². The fourth-order valence-electron chi connectivity index (χ4n) is 3.74. The molecule has 7 nitrogen and oxygen atoms in total. The number of benzene rings is 1. The number of hydrogen-bond acceptors (Lipinski definition) is 5. The van der Waals surface area contributed by atoms with E-state index in [1.165, 1.54) is 0 Å². The molecule has 1 unspecified atom stereocenters. The molecular formula is C23H34BClN2O5. The van der Waals surface area contributed by atoms with Crippen LogP contribution >= 0.6 is 11.6 Å². The summed E-state index contributed by atoms with van der Waals surface area (Å²) in [6, 6.07) is 5.02. The molecule has 2 amide bonds. The molecule has 0 spiro atoms. The largest absolute Gasteiger partial charge is 0.496 e. The van der Waals surface area contributed by atoms with Crippen molar-refractivity contribution in [2.24, 2.45) is 0 Å². The number of piperazine rings is 1. The molecule has 2 fully saturated rings. The molecule has 0 aromatic heterocycles. The van der Waals surface area contributed by atoms with E-state index >= 15 is 0 Å². The van der Waals surface area contributed by atoms with Gasteiger partial charge in [-0.1, -0.05) is 11.6 Å². The zero-order valence-corrected chi connectivity index (χ0v) is 21.1. The van der Waals surface area contributed by atoms with Gasteiger partial charge in [0.2, 0.25) is 0 Å². The van der Waals surface area contributed by atoms with Crippen molar-refractivity contribution in [2.75, 3.05) is 19.6 Å². The van der Waals surface area contributed by atoms with Gasteiger partial charge in [-0.3, -0.25) is 4.79 Å². The van der Waals surface area contributed by atoms with Crippen molar-refractivity contribution >= 4 is 36.2 Å². The maximum Gasteiger partial charge on any atom is 0.496 e. The van der Waals surface area contributed by atoms with Gasteiger partial charge in [-0.15, -0.1) is 0 Å². The van der Waals surface area contributed by atoms with Gasteiger partial charge in [0.05, 0.1) is 11.2 Å². The zero-order chi connectivity index (χ0) is 24.1. The lowest BCUT2D eigenvalue weighted by Crippen LogP contribution is -2.56. The Balaban J connectivity index is 1.74. The third-order valence-corrected chi connectivity index (χ3v) is 6.63. The van der Waals surface area contributed by atoms with E-state index in [-0.39, 0.29) is 18.0 Å². The summed E-state index contributed by atoms with van der Waals surface area (Å²) in [5, 5.41) is 0.489. The summed E-state index contributed by atoms with van der Waals surface area (Å²) in [5.41, 5.74) is -0.422. The van der Waals surface area contributed by atoms with Crippen molar-refractivity contribution < 1.29 is 23.6 Å². The molecule has 9 heteroatoms. The van der Waals surface area contributed by atoms with Gasteiger partial charge in [0, 0.05) is 41.7 Å². The van der Waals surface area contributed by atoms with E-state index in [1.54, 1.807) is 28.0 Å². The van der Waals surface area contributed by atoms with Crippen LogP contribution in [0.3, 0.4) is 0 Å². The highest BCUT2D eigenvalue weighted by Crippen LogP contribution is 2.37. The molecule has 2 aliphatic heterocycles. The summed E-state index contributed by atoms with van der Waals surface area (Å²) >= 11 is 6.45. The quantitative estimate of drug-likeness (QED) is 0.624. The third-order valence-electron chi connectivity index (χ3n) is 6.29. The average Bonchev–Trinajstić information content (AvgIpc) is 2.87. The molecule has 2 saturated heterocycles. The lowest BCUT2D eigenvalue weighted by Gasteiger charge is -2.40. The maximum atomic E-state index is 13.3. The van der Waals surface area contributed by atoms with Crippen molar-refractivity contribution in [2.45, 2.75) is 78.2 Å². The van der Waals surface area contributed by atoms with Gasteiger partial charge < -0.3 is 23.8 Å². The van der Waals surface area contributed by atoms with Crippen molar-refractivity contribution in [3.63, 3.8) is 0 Å². The van der Waals surface area contributed by atoms with E-state index in [0.717, 1.165) is 0 Å². The minimum atomic E-state index is -0.651. The first-order valence-corrected chi connectivity index (χ1v) is 11.4.